The standard InChI is InChI=1S/C26H29FN4O5/c1-35-19-10-7-17(8-11-19)24-30-22(23(26(33)34)31(24)28)16-5-3-15(4-6-16)14-29-25(32)20-13-18(27)9-12-21(20)36-2/h3-6,9,12-13,17,19H,7-8,10-11,14,28H2,1-2H3,(H,29,32)(H,33,34). The number of carboxylic acid groups (broad SMARTS) is 1. The topological polar surface area (TPSA) is 129 Å². The van der Waals surface area contributed by atoms with Crippen molar-refractivity contribution in [2.24, 2.45) is 0 Å². The molecule has 0 saturated heterocycles. The first-order valence-electron chi connectivity index (χ1n) is 11.7. The number of halogens is 1. The number of ether oxygens (including phenoxy) is 2. The highest BCUT2D eigenvalue weighted by molar-refractivity contribution is 5.97. The van der Waals surface area contributed by atoms with Crippen LogP contribution in [0.15, 0.2) is 42.5 Å². The summed E-state index contributed by atoms with van der Waals surface area (Å²) in [5.74, 6) is 4.92. The van der Waals surface area contributed by atoms with Crippen LogP contribution in [-0.2, 0) is 11.3 Å². The molecule has 36 heavy (non-hydrogen) atoms. The van der Waals surface area contributed by atoms with E-state index in [2.05, 4.69) is 10.3 Å². The first-order chi connectivity index (χ1) is 17.3. The summed E-state index contributed by atoms with van der Waals surface area (Å²) in [7, 11) is 3.11. The Balaban J connectivity index is 1.51. The molecule has 0 spiro atoms. The second kappa shape index (κ2) is 10.8. The van der Waals surface area contributed by atoms with Crippen LogP contribution in [0.3, 0.4) is 0 Å². The van der Waals surface area contributed by atoms with E-state index in [1.165, 1.54) is 23.9 Å². The molecule has 0 aliphatic heterocycles. The monoisotopic (exact) mass is 496 g/mol. The summed E-state index contributed by atoms with van der Waals surface area (Å²) in [6.07, 6.45) is 3.58. The number of carboxylic acids is 1. The van der Waals surface area contributed by atoms with Crippen molar-refractivity contribution in [2.75, 3.05) is 20.1 Å². The molecule has 0 unspecified atom stereocenters. The van der Waals surface area contributed by atoms with E-state index in [1.54, 1.807) is 31.4 Å². The highest BCUT2D eigenvalue weighted by Gasteiger charge is 2.30. The van der Waals surface area contributed by atoms with Gasteiger partial charge in [0, 0.05) is 25.1 Å². The summed E-state index contributed by atoms with van der Waals surface area (Å²) >= 11 is 0. The van der Waals surface area contributed by atoms with Crippen molar-refractivity contribution in [1.29, 1.82) is 0 Å². The molecule has 1 fully saturated rings. The molecule has 1 aliphatic rings. The van der Waals surface area contributed by atoms with Crippen molar-refractivity contribution in [2.45, 2.75) is 44.2 Å². The van der Waals surface area contributed by atoms with Crippen molar-refractivity contribution in [1.82, 2.24) is 15.0 Å². The van der Waals surface area contributed by atoms with Crippen LogP contribution in [0.4, 0.5) is 4.39 Å². The number of carbonyl (C=O) groups is 2. The minimum Gasteiger partial charge on any atom is -0.496 e. The molecule has 4 rings (SSSR count). The van der Waals surface area contributed by atoms with Gasteiger partial charge in [-0.3, -0.25) is 4.79 Å². The van der Waals surface area contributed by atoms with Gasteiger partial charge in [-0.2, -0.15) is 0 Å². The minimum atomic E-state index is -1.16. The molecule has 1 heterocycles. The van der Waals surface area contributed by atoms with E-state index in [0.717, 1.165) is 37.3 Å². The average Bonchev–Trinajstić information content (AvgIpc) is 3.24. The van der Waals surface area contributed by atoms with Crippen LogP contribution in [-0.4, -0.2) is 47.0 Å². The van der Waals surface area contributed by atoms with Crippen LogP contribution in [0.25, 0.3) is 11.3 Å². The van der Waals surface area contributed by atoms with Gasteiger partial charge in [0.15, 0.2) is 5.69 Å². The lowest BCUT2D eigenvalue weighted by atomic mass is 9.87. The Hall–Kier alpha value is -3.92. The molecule has 1 saturated carbocycles. The molecule has 0 bridgehead atoms. The third kappa shape index (κ3) is 5.18. The van der Waals surface area contributed by atoms with E-state index < -0.39 is 17.7 Å². The van der Waals surface area contributed by atoms with E-state index in [0.29, 0.717) is 17.1 Å². The van der Waals surface area contributed by atoms with Crippen LogP contribution >= 0.6 is 0 Å². The number of nitrogens with zero attached hydrogens (tertiary/aromatic N) is 2. The van der Waals surface area contributed by atoms with E-state index in [9.17, 15) is 19.1 Å². The van der Waals surface area contributed by atoms with Gasteiger partial charge in [-0.1, -0.05) is 24.3 Å². The van der Waals surface area contributed by atoms with Crippen LogP contribution in [0.1, 0.15) is 63.8 Å². The number of imidazole rings is 1. The Morgan fingerprint density at radius 1 is 1.14 bits per heavy atom. The summed E-state index contributed by atoms with van der Waals surface area (Å²) < 4.78 is 25.3. The third-order valence-corrected chi connectivity index (χ3v) is 6.60. The normalized spacial score (nSPS) is 17.5. The number of hydrogen-bond acceptors (Lipinski definition) is 6. The lowest BCUT2D eigenvalue weighted by molar-refractivity contribution is 0.0644. The third-order valence-electron chi connectivity index (χ3n) is 6.60. The van der Waals surface area contributed by atoms with Crippen LogP contribution in [0.2, 0.25) is 0 Å². The summed E-state index contributed by atoms with van der Waals surface area (Å²) in [4.78, 5) is 29.2. The lowest BCUT2D eigenvalue weighted by Crippen LogP contribution is -2.25. The van der Waals surface area contributed by atoms with E-state index >= 15 is 0 Å². The summed E-state index contributed by atoms with van der Waals surface area (Å²) in [5.41, 5.74) is 1.70. The van der Waals surface area contributed by atoms with Gasteiger partial charge >= 0.3 is 5.97 Å². The average molecular weight is 497 g/mol. The largest absolute Gasteiger partial charge is 0.496 e. The number of nitrogens with two attached hydrogens (primary N) is 1. The highest BCUT2D eigenvalue weighted by Crippen LogP contribution is 2.35. The number of aromatic nitrogens is 2. The van der Waals surface area contributed by atoms with Crippen molar-refractivity contribution in [3.05, 3.63) is 70.9 Å². The van der Waals surface area contributed by atoms with Crippen molar-refractivity contribution in [3.63, 3.8) is 0 Å². The van der Waals surface area contributed by atoms with Crippen molar-refractivity contribution in [3.8, 4) is 17.0 Å². The second-order valence-corrected chi connectivity index (χ2v) is 8.78. The molecular weight excluding hydrogens is 467 g/mol. The number of aromatic carboxylic acids is 1. The molecule has 9 nitrogen and oxygen atoms in total. The molecule has 10 heteroatoms. The van der Waals surface area contributed by atoms with Gasteiger partial charge in [0.1, 0.15) is 23.1 Å². The Labute approximate surface area is 208 Å². The quantitative estimate of drug-likeness (QED) is 0.406. The molecule has 190 valence electrons. The Kier molecular flexibility index (Phi) is 7.54. The molecular formula is C26H29FN4O5. The fourth-order valence-electron chi connectivity index (χ4n) is 4.62. The predicted octanol–water partition coefficient (Wildman–Crippen LogP) is 3.71. The van der Waals surface area contributed by atoms with Gasteiger partial charge < -0.3 is 25.7 Å². The van der Waals surface area contributed by atoms with E-state index in [4.69, 9.17) is 15.3 Å². The number of nitrogen functional groups attached to an aromatic ring is 1. The summed E-state index contributed by atoms with van der Waals surface area (Å²) in [6.45, 7) is 0.184. The summed E-state index contributed by atoms with van der Waals surface area (Å²) in [6, 6.07) is 10.8. The molecule has 4 N–H and O–H groups in total. The maximum Gasteiger partial charge on any atom is 0.356 e. The second-order valence-electron chi connectivity index (χ2n) is 8.78. The molecule has 3 aromatic rings. The minimum absolute atomic E-state index is 0.0579. The number of hydrogen-bond donors (Lipinski definition) is 3. The Morgan fingerprint density at radius 3 is 2.44 bits per heavy atom. The first kappa shape index (κ1) is 25.2. The van der Waals surface area contributed by atoms with Crippen LogP contribution in [0, 0.1) is 5.82 Å². The van der Waals surface area contributed by atoms with Crippen molar-refractivity contribution < 1.29 is 28.6 Å². The summed E-state index contributed by atoms with van der Waals surface area (Å²) in [5, 5.41) is 12.6. The van der Waals surface area contributed by atoms with Gasteiger partial charge in [0.2, 0.25) is 0 Å². The van der Waals surface area contributed by atoms with Crippen molar-refractivity contribution >= 4 is 11.9 Å². The molecule has 1 aliphatic carbocycles. The fraction of sp³-hybridized carbons (Fsp3) is 0.346. The number of rotatable bonds is 8. The zero-order valence-electron chi connectivity index (χ0n) is 20.2. The number of methoxy groups -OCH3 is 2. The SMILES string of the molecule is COc1ccc(F)cc1C(=O)NCc1ccc(-c2nc(C3CCC(OC)CC3)n(N)c2C(=O)O)cc1. The maximum absolute atomic E-state index is 13.6. The lowest BCUT2D eigenvalue weighted by Gasteiger charge is -2.26. The number of benzene rings is 2. The van der Waals surface area contributed by atoms with Crippen LogP contribution in [0.5, 0.6) is 5.75 Å². The van der Waals surface area contributed by atoms with Gasteiger partial charge in [0.25, 0.3) is 5.91 Å². The van der Waals surface area contributed by atoms with E-state index in [-0.39, 0.29) is 35.6 Å². The Morgan fingerprint density at radius 2 is 1.83 bits per heavy atom. The van der Waals surface area contributed by atoms with Gasteiger partial charge in [-0.25, -0.2) is 18.8 Å². The molecule has 2 aromatic carbocycles. The molecule has 1 amide bonds. The Bertz CT molecular complexity index is 1250. The number of nitrogens with one attached hydrogen (secondary N) is 1. The van der Waals surface area contributed by atoms with Gasteiger partial charge in [-0.15, -0.1) is 0 Å². The highest BCUT2D eigenvalue weighted by atomic mass is 19.1. The molecule has 0 radical (unpaired) electrons. The maximum atomic E-state index is 13.6. The fourth-order valence-corrected chi connectivity index (χ4v) is 4.62. The zero-order valence-corrected chi connectivity index (χ0v) is 20.2. The molecule has 1 aromatic heterocycles. The first-order valence-corrected chi connectivity index (χ1v) is 11.7. The van der Waals surface area contributed by atoms with Gasteiger partial charge in [-0.05, 0) is 49.4 Å². The number of amides is 1. The predicted molar refractivity (Wildman–Crippen MR) is 131 cm³/mol. The van der Waals surface area contributed by atoms with E-state index in [1.807, 2.05) is 0 Å². The number of carbonyl (C=O) groups excluding carboxylic acids is 1. The molecule has 0 atom stereocenters. The van der Waals surface area contributed by atoms with Crippen LogP contribution < -0.4 is 15.9 Å². The zero-order chi connectivity index (χ0) is 25.8. The smallest absolute Gasteiger partial charge is 0.356 e. The van der Waals surface area contributed by atoms with Gasteiger partial charge in [0.05, 0.1) is 18.8 Å².